The van der Waals surface area contributed by atoms with Crippen molar-refractivity contribution in [2.24, 2.45) is 0 Å². The number of carbonyl (C=O) groups is 1. The Morgan fingerprint density at radius 3 is 2.37 bits per heavy atom. The van der Waals surface area contributed by atoms with Crippen molar-refractivity contribution in [3.8, 4) is 5.69 Å². The number of nitrogens with zero attached hydrogens (tertiary/aromatic N) is 4. The SMILES string of the molecule is CN1CCN(c2nc3c(cc2F)c(=O)c(C(=O)O)cn3-c2ccc(F)c(F)c2)CC1. The highest BCUT2D eigenvalue weighted by atomic mass is 19.2. The van der Waals surface area contributed by atoms with Crippen LogP contribution in [0.2, 0.25) is 0 Å². The summed E-state index contributed by atoms with van der Waals surface area (Å²) in [6.07, 6.45) is 0.984. The van der Waals surface area contributed by atoms with Gasteiger partial charge in [0.15, 0.2) is 28.9 Å². The molecule has 0 radical (unpaired) electrons. The van der Waals surface area contributed by atoms with Crippen LogP contribution in [0.1, 0.15) is 10.4 Å². The zero-order valence-corrected chi connectivity index (χ0v) is 15.9. The molecule has 1 saturated heterocycles. The summed E-state index contributed by atoms with van der Waals surface area (Å²) in [7, 11) is 1.94. The van der Waals surface area contributed by atoms with Gasteiger partial charge in [0, 0.05) is 38.4 Å². The third-order valence-electron chi connectivity index (χ3n) is 5.13. The summed E-state index contributed by atoms with van der Waals surface area (Å²) in [5.74, 6) is -4.52. The van der Waals surface area contributed by atoms with Crippen LogP contribution in [0.15, 0.2) is 35.3 Å². The van der Waals surface area contributed by atoms with E-state index in [9.17, 15) is 27.9 Å². The first-order valence-electron chi connectivity index (χ1n) is 9.14. The molecular formula is C20H17F3N4O3. The van der Waals surface area contributed by atoms with Crippen molar-refractivity contribution in [3.63, 3.8) is 0 Å². The fourth-order valence-corrected chi connectivity index (χ4v) is 3.44. The Morgan fingerprint density at radius 1 is 1.03 bits per heavy atom. The van der Waals surface area contributed by atoms with E-state index in [0.29, 0.717) is 26.2 Å². The number of likely N-dealkylation sites (N-methyl/N-ethyl adjacent to an activating group) is 1. The Kier molecular flexibility index (Phi) is 4.94. The third-order valence-corrected chi connectivity index (χ3v) is 5.13. The molecule has 0 atom stereocenters. The third kappa shape index (κ3) is 3.39. The lowest BCUT2D eigenvalue weighted by molar-refractivity contribution is 0.0695. The van der Waals surface area contributed by atoms with Gasteiger partial charge in [-0.25, -0.2) is 22.9 Å². The van der Waals surface area contributed by atoms with E-state index in [1.54, 1.807) is 4.90 Å². The predicted octanol–water partition coefficient (Wildman–Crippen LogP) is 2.25. The van der Waals surface area contributed by atoms with Gasteiger partial charge in [-0.2, -0.15) is 0 Å². The summed E-state index contributed by atoms with van der Waals surface area (Å²) in [5, 5.41) is 9.10. The van der Waals surface area contributed by atoms with Gasteiger partial charge in [-0.05, 0) is 25.2 Å². The average Bonchev–Trinajstić information content (AvgIpc) is 2.71. The van der Waals surface area contributed by atoms with Crippen LogP contribution in [0.5, 0.6) is 0 Å². The van der Waals surface area contributed by atoms with E-state index < -0.39 is 34.4 Å². The molecular weight excluding hydrogens is 401 g/mol. The molecule has 3 heterocycles. The first-order chi connectivity index (χ1) is 14.3. The summed E-state index contributed by atoms with van der Waals surface area (Å²) in [6, 6.07) is 3.89. The monoisotopic (exact) mass is 418 g/mol. The normalized spacial score (nSPS) is 15.0. The molecule has 3 aromatic rings. The molecule has 0 saturated carbocycles. The standard InChI is InChI=1S/C20H17F3N4O3/c1-25-4-6-26(7-5-25)19-16(23)9-12-17(28)13(20(29)30)10-27(18(12)24-19)11-2-3-14(21)15(22)8-11/h2-3,8-10H,4-7H2,1H3,(H,29,30). The molecule has 0 spiro atoms. The Morgan fingerprint density at radius 2 is 1.73 bits per heavy atom. The summed E-state index contributed by atoms with van der Waals surface area (Å²) < 4.78 is 43.2. The van der Waals surface area contributed by atoms with Gasteiger partial charge in [0.1, 0.15) is 5.56 Å². The molecule has 0 unspecified atom stereocenters. The van der Waals surface area contributed by atoms with Gasteiger partial charge in [-0.1, -0.05) is 0 Å². The smallest absolute Gasteiger partial charge is 0.341 e. The zero-order chi connectivity index (χ0) is 21.6. The maximum absolute atomic E-state index is 14.8. The highest BCUT2D eigenvalue weighted by Crippen LogP contribution is 2.25. The summed E-state index contributed by atoms with van der Waals surface area (Å²) in [4.78, 5) is 32.2. The Bertz CT molecular complexity index is 1220. The van der Waals surface area contributed by atoms with Crippen LogP contribution in [-0.4, -0.2) is 58.8 Å². The molecule has 1 aromatic carbocycles. The predicted molar refractivity (Wildman–Crippen MR) is 104 cm³/mol. The molecule has 156 valence electrons. The Balaban J connectivity index is 1.99. The van der Waals surface area contributed by atoms with Crippen molar-refractivity contribution < 1.29 is 23.1 Å². The van der Waals surface area contributed by atoms with Crippen LogP contribution in [-0.2, 0) is 0 Å². The summed E-state index contributed by atoms with van der Waals surface area (Å²) in [6.45, 7) is 2.39. The number of hydrogen-bond acceptors (Lipinski definition) is 5. The second kappa shape index (κ2) is 7.45. The van der Waals surface area contributed by atoms with Crippen molar-refractivity contribution in [2.45, 2.75) is 0 Å². The molecule has 1 aliphatic rings. The van der Waals surface area contributed by atoms with Crippen LogP contribution in [0.25, 0.3) is 16.7 Å². The lowest BCUT2D eigenvalue weighted by Crippen LogP contribution is -2.45. The molecule has 30 heavy (non-hydrogen) atoms. The molecule has 0 aliphatic carbocycles. The molecule has 1 N–H and O–H groups in total. The van der Waals surface area contributed by atoms with Gasteiger partial charge in [0.05, 0.1) is 11.1 Å². The number of fused-ring (bicyclic) bond motifs is 1. The number of rotatable bonds is 3. The second-order valence-corrected chi connectivity index (χ2v) is 7.10. The van der Waals surface area contributed by atoms with E-state index in [1.165, 1.54) is 6.07 Å². The van der Waals surface area contributed by atoms with E-state index in [1.807, 2.05) is 7.05 Å². The summed E-state index contributed by atoms with van der Waals surface area (Å²) >= 11 is 0. The van der Waals surface area contributed by atoms with Crippen LogP contribution >= 0.6 is 0 Å². The first-order valence-corrected chi connectivity index (χ1v) is 9.14. The minimum Gasteiger partial charge on any atom is -0.477 e. The number of carboxylic acids is 1. The van der Waals surface area contributed by atoms with Crippen LogP contribution in [0.4, 0.5) is 19.0 Å². The maximum atomic E-state index is 14.8. The number of piperazine rings is 1. The number of anilines is 1. The van der Waals surface area contributed by atoms with Gasteiger partial charge in [-0.3, -0.25) is 4.79 Å². The van der Waals surface area contributed by atoms with Crippen LogP contribution in [0, 0.1) is 17.5 Å². The quantitative estimate of drug-likeness (QED) is 0.703. The molecule has 2 aromatic heterocycles. The number of carboxylic acid groups (broad SMARTS) is 1. The number of hydrogen-bond donors (Lipinski definition) is 1. The maximum Gasteiger partial charge on any atom is 0.341 e. The van der Waals surface area contributed by atoms with Gasteiger partial charge in [-0.15, -0.1) is 0 Å². The number of aromatic nitrogens is 2. The number of benzene rings is 1. The van der Waals surface area contributed by atoms with Crippen LogP contribution in [0.3, 0.4) is 0 Å². The fourth-order valence-electron chi connectivity index (χ4n) is 3.44. The van der Waals surface area contributed by atoms with Gasteiger partial charge < -0.3 is 19.5 Å². The highest BCUT2D eigenvalue weighted by molar-refractivity contribution is 5.92. The van der Waals surface area contributed by atoms with Crippen molar-refractivity contribution >= 4 is 22.8 Å². The number of aromatic carboxylic acids is 1. The minimum atomic E-state index is -1.53. The number of pyridine rings is 2. The fraction of sp³-hybridized carbons (Fsp3) is 0.250. The van der Waals surface area contributed by atoms with Crippen molar-refractivity contribution in [3.05, 3.63) is 63.7 Å². The van der Waals surface area contributed by atoms with E-state index in [2.05, 4.69) is 9.88 Å². The molecule has 1 aliphatic heterocycles. The minimum absolute atomic E-state index is 0.00871. The highest BCUT2D eigenvalue weighted by Gasteiger charge is 2.23. The first kappa shape index (κ1) is 19.9. The summed E-state index contributed by atoms with van der Waals surface area (Å²) in [5.41, 5.74) is -1.55. The topological polar surface area (TPSA) is 78.7 Å². The van der Waals surface area contributed by atoms with Crippen molar-refractivity contribution in [1.82, 2.24) is 14.5 Å². The molecule has 10 heteroatoms. The average molecular weight is 418 g/mol. The van der Waals surface area contributed by atoms with Gasteiger partial charge >= 0.3 is 5.97 Å². The van der Waals surface area contributed by atoms with E-state index in [-0.39, 0.29) is 22.5 Å². The lowest BCUT2D eigenvalue weighted by Gasteiger charge is -2.33. The van der Waals surface area contributed by atoms with Crippen molar-refractivity contribution in [2.75, 3.05) is 38.1 Å². The van der Waals surface area contributed by atoms with E-state index in [0.717, 1.165) is 29.0 Å². The zero-order valence-electron chi connectivity index (χ0n) is 15.9. The van der Waals surface area contributed by atoms with E-state index >= 15 is 0 Å². The molecule has 1 fully saturated rings. The van der Waals surface area contributed by atoms with Gasteiger partial charge in [0.2, 0.25) is 5.43 Å². The lowest BCUT2D eigenvalue weighted by atomic mass is 10.1. The molecule has 0 bridgehead atoms. The second-order valence-electron chi connectivity index (χ2n) is 7.10. The largest absolute Gasteiger partial charge is 0.477 e. The van der Waals surface area contributed by atoms with Gasteiger partial charge in [0.25, 0.3) is 0 Å². The van der Waals surface area contributed by atoms with Crippen molar-refractivity contribution in [1.29, 1.82) is 0 Å². The number of halogens is 3. The Labute approximate surface area is 168 Å². The molecule has 7 nitrogen and oxygen atoms in total. The van der Waals surface area contributed by atoms with E-state index in [4.69, 9.17) is 0 Å². The molecule has 0 amide bonds. The molecule has 4 rings (SSSR count). The Hall–Kier alpha value is -3.40. The van der Waals surface area contributed by atoms with Crippen LogP contribution < -0.4 is 10.3 Å².